The number of nitriles is 1. The Kier molecular flexibility index (Phi) is 6.65. The SMILES string of the molecule is C[C@H](C(=O)N(C)CCC#N)N1CCC[C@@H](C(=O)c2ccc(F)cc2)C1. The molecule has 0 aromatic heterocycles. The van der Waals surface area contributed by atoms with Gasteiger partial charge in [-0.2, -0.15) is 5.26 Å². The normalized spacial score (nSPS) is 19.0. The second-order valence-electron chi connectivity index (χ2n) is 6.55. The van der Waals surface area contributed by atoms with Gasteiger partial charge in [-0.3, -0.25) is 14.5 Å². The van der Waals surface area contributed by atoms with Gasteiger partial charge in [-0.25, -0.2) is 4.39 Å². The summed E-state index contributed by atoms with van der Waals surface area (Å²) < 4.78 is 13.0. The van der Waals surface area contributed by atoms with E-state index in [1.54, 1.807) is 11.9 Å². The summed E-state index contributed by atoms with van der Waals surface area (Å²) in [4.78, 5) is 28.7. The molecule has 0 aliphatic carbocycles. The van der Waals surface area contributed by atoms with Crippen molar-refractivity contribution in [3.05, 3.63) is 35.6 Å². The Hall–Kier alpha value is -2.26. The third-order valence-corrected chi connectivity index (χ3v) is 4.79. The maximum atomic E-state index is 13.0. The number of nitrogens with zero attached hydrogens (tertiary/aromatic N) is 3. The van der Waals surface area contributed by atoms with Crippen LogP contribution in [0.5, 0.6) is 0 Å². The first-order valence-electron chi connectivity index (χ1n) is 8.59. The minimum Gasteiger partial charge on any atom is -0.343 e. The summed E-state index contributed by atoms with van der Waals surface area (Å²) in [5, 5.41) is 8.65. The monoisotopic (exact) mass is 345 g/mol. The minimum absolute atomic E-state index is 0.00202. The molecule has 1 aliphatic rings. The first-order valence-corrected chi connectivity index (χ1v) is 8.59. The zero-order chi connectivity index (χ0) is 18.4. The van der Waals surface area contributed by atoms with Gasteiger partial charge in [0.05, 0.1) is 18.5 Å². The predicted molar refractivity (Wildman–Crippen MR) is 92.4 cm³/mol. The van der Waals surface area contributed by atoms with Crippen molar-refractivity contribution in [1.82, 2.24) is 9.80 Å². The lowest BCUT2D eigenvalue weighted by Gasteiger charge is -2.36. The number of benzene rings is 1. The van der Waals surface area contributed by atoms with Crippen molar-refractivity contribution in [3.63, 3.8) is 0 Å². The number of likely N-dealkylation sites (N-methyl/N-ethyl adjacent to an activating group) is 1. The van der Waals surface area contributed by atoms with Gasteiger partial charge in [0.25, 0.3) is 0 Å². The smallest absolute Gasteiger partial charge is 0.239 e. The van der Waals surface area contributed by atoms with E-state index >= 15 is 0 Å². The maximum absolute atomic E-state index is 13.0. The van der Waals surface area contributed by atoms with Gasteiger partial charge in [-0.1, -0.05) is 0 Å². The summed E-state index contributed by atoms with van der Waals surface area (Å²) in [6.07, 6.45) is 1.93. The van der Waals surface area contributed by atoms with Crippen LogP contribution in [0.1, 0.15) is 36.5 Å². The molecule has 0 unspecified atom stereocenters. The number of carbonyl (C=O) groups excluding carboxylic acids is 2. The average Bonchev–Trinajstić information content (AvgIpc) is 2.65. The standard InChI is InChI=1S/C19H24FN3O2/c1-14(19(25)22(2)11-4-10-21)23-12-3-5-16(13-23)18(24)15-6-8-17(20)9-7-15/h6-9,14,16H,3-5,11-13H2,1-2H3/t14-,16-/m1/s1. The third-order valence-electron chi connectivity index (χ3n) is 4.79. The number of hydrogen-bond acceptors (Lipinski definition) is 4. The molecule has 1 aliphatic heterocycles. The van der Waals surface area contributed by atoms with E-state index in [1.165, 1.54) is 24.3 Å². The zero-order valence-corrected chi connectivity index (χ0v) is 14.7. The van der Waals surface area contributed by atoms with Gasteiger partial charge in [-0.15, -0.1) is 0 Å². The zero-order valence-electron chi connectivity index (χ0n) is 14.7. The highest BCUT2D eigenvalue weighted by molar-refractivity contribution is 5.98. The summed E-state index contributed by atoms with van der Waals surface area (Å²) in [5.74, 6) is -0.576. The first-order chi connectivity index (χ1) is 11.9. The van der Waals surface area contributed by atoms with Gasteiger partial charge in [0.15, 0.2) is 5.78 Å². The van der Waals surface area contributed by atoms with Crippen molar-refractivity contribution in [2.24, 2.45) is 5.92 Å². The molecule has 1 saturated heterocycles. The molecule has 5 nitrogen and oxygen atoms in total. The highest BCUT2D eigenvalue weighted by Crippen LogP contribution is 2.23. The Balaban J connectivity index is 2.00. The third kappa shape index (κ3) is 4.86. The fourth-order valence-corrected chi connectivity index (χ4v) is 3.23. The molecule has 2 atom stereocenters. The van der Waals surface area contributed by atoms with Crippen molar-refractivity contribution in [2.75, 3.05) is 26.7 Å². The molecule has 1 heterocycles. The van der Waals surface area contributed by atoms with E-state index in [0.29, 0.717) is 25.1 Å². The predicted octanol–water partition coefficient (Wildman–Crippen LogP) is 2.48. The van der Waals surface area contributed by atoms with Gasteiger partial charge < -0.3 is 4.90 Å². The molecule has 0 spiro atoms. The Morgan fingerprint density at radius 1 is 1.40 bits per heavy atom. The number of halogens is 1. The Labute approximate surface area is 148 Å². The molecule has 134 valence electrons. The lowest BCUT2D eigenvalue weighted by atomic mass is 9.89. The molecule has 0 radical (unpaired) electrons. The summed E-state index contributed by atoms with van der Waals surface area (Å²) in [7, 11) is 1.70. The quantitative estimate of drug-likeness (QED) is 0.743. The number of carbonyl (C=O) groups is 2. The molecule has 1 amide bonds. The fourth-order valence-electron chi connectivity index (χ4n) is 3.23. The van der Waals surface area contributed by atoms with Gasteiger partial charge in [0.1, 0.15) is 5.82 Å². The second-order valence-corrected chi connectivity index (χ2v) is 6.55. The van der Waals surface area contributed by atoms with E-state index in [0.717, 1.165) is 19.4 Å². The van der Waals surface area contributed by atoms with Crippen LogP contribution in [-0.4, -0.2) is 54.2 Å². The van der Waals surface area contributed by atoms with Crippen LogP contribution in [0.2, 0.25) is 0 Å². The van der Waals surface area contributed by atoms with Crippen molar-refractivity contribution in [3.8, 4) is 6.07 Å². The summed E-state index contributed by atoms with van der Waals surface area (Å²) in [5.41, 5.74) is 0.512. The highest BCUT2D eigenvalue weighted by Gasteiger charge is 2.32. The van der Waals surface area contributed by atoms with Crippen molar-refractivity contribution in [2.45, 2.75) is 32.2 Å². The summed E-state index contributed by atoms with van der Waals surface area (Å²) in [6.45, 7) is 3.54. The first kappa shape index (κ1) is 19.1. The molecule has 2 rings (SSSR count). The van der Waals surface area contributed by atoms with E-state index in [9.17, 15) is 14.0 Å². The van der Waals surface area contributed by atoms with Crippen LogP contribution in [0.15, 0.2) is 24.3 Å². The molecule has 0 N–H and O–H groups in total. The topological polar surface area (TPSA) is 64.4 Å². The summed E-state index contributed by atoms with van der Waals surface area (Å²) in [6, 6.07) is 7.33. The largest absolute Gasteiger partial charge is 0.343 e. The number of likely N-dealkylation sites (tertiary alicyclic amines) is 1. The van der Waals surface area contributed by atoms with Crippen LogP contribution in [-0.2, 0) is 4.79 Å². The van der Waals surface area contributed by atoms with Crippen LogP contribution >= 0.6 is 0 Å². The van der Waals surface area contributed by atoms with Gasteiger partial charge in [0, 0.05) is 31.6 Å². The second kappa shape index (κ2) is 8.72. The molecule has 6 heteroatoms. The number of ketones is 1. The van der Waals surface area contributed by atoms with Crippen molar-refractivity contribution < 1.29 is 14.0 Å². The van der Waals surface area contributed by atoms with E-state index in [1.807, 2.05) is 17.9 Å². The van der Waals surface area contributed by atoms with Crippen LogP contribution in [0.25, 0.3) is 0 Å². The number of piperidine rings is 1. The molecule has 1 aromatic carbocycles. The molecular formula is C19H24FN3O2. The average molecular weight is 345 g/mol. The number of rotatable bonds is 6. The van der Waals surface area contributed by atoms with Gasteiger partial charge in [-0.05, 0) is 50.6 Å². The highest BCUT2D eigenvalue weighted by atomic mass is 19.1. The maximum Gasteiger partial charge on any atom is 0.239 e. The van der Waals surface area contributed by atoms with Crippen LogP contribution in [0.3, 0.4) is 0 Å². The van der Waals surface area contributed by atoms with Crippen LogP contribution < -0.4 is 0 Å². The van der Waals surface area contributed by atoms with E-state index in [2.05, 4.69) is 0 Å². The minimum atomic E-state index is -0.360. The Morgan fingerprint density at radius 3 is 2.72 bits per heavy atom. The van der Waals surface area contributed by atoms with E-state index in [4.69, 9.17) is 5.26 Å². The van der Waals surface area contributed by atoms with Gasteiger partial charge in [0.2, 0.25) is 5.91 Å². The Bertz CT molecular complexity index is 654. The molecule has 1 fully saturated rings. The lowest BCUT2D eigenvalue weighted by molar-refractivity contribution is -0.135. The molecule has 25 heavy (non-hydrogen) atoms. The number of hydrogen-bond donors (Lipinski definition) is 0. The van der Waals surface area contributed by atoms with Gasteiger partial charge >= 0.3 is 0 Å². The number of Topliss-reactive ketones (excluding diaryl/α,β-unsaturated/α-hetero) is 1. The summed E-state index contributed by atoms with van der Waals surface area (Å²) >= 11 is 0. The molecular weight excluding hydrogens is 321 g/mol. The van der Waals surface area contributed by atoms with Crippen LogP contribution in [0, 0.1) is 23.1 Å². The number of amides is 1. The molecule has 1 aromatic rings. The van der Waals surface area contributed by atoms with Crippen molar-refractivity contribution in [1.29, 1.82) is 5.26 Å². The fraction of sp³-hybridized carbons (Fsp3) is 0.526. The van der Waals surface area contributed by atoms with E-state index in [-0.39, 0.29) is 29.5 Å². The van der Waals surface area contributed by atoms with Crippen molar-refractivity contribution >= 4 is 11.7 Å². The van der Waals surface area contributed by atoms with E-state index < -0.39 is 0 Å². The molecule has 0 bridgehead atoms. The lowest BCUT2D eigenvalue weighted by Crippen LogP contribution is -2.50. The Morgan fingerprint density at radius 2 is 2.08 bits per heavy atom. The molecule has 0 saturated carbocycles. The van der Waals surface area contributed by atoms with Crippen LogP contribution in [0.4, 0.5) is 4.39 Å².